The van der Waals surface area contributed by atoms with E-state index in [1.165, 1.54) is 12.1 Å². The van der Waals surface area contributed by atoms with E-state index in [1.807, 2.05) is 25.1 Å². The van der Waals surface area contributed by atoms with Crippen molar-refractivity contribution in [2.24, 2.45) is 0 Å². The summed E-state index contributed by atoms with van der Waals surface area (Å²) in [5.74, 6) is 0.160. The number of aromatic nitrogens is 7. The average molecular weight is 507 g/mol. The molecule has 0 fully saturated rings. The van der Waals surface area contributed by atoms with Crippen LogP contribution in [0.15, 0.2) is 67.3 Å². The maximum Gasteiger partial charge on any atom is 0.224 e. The van der Waals surface area contributed by atoms with Gasteiger partial charge in [-0.05, 0) is 36.8 Å². The lowest BCUT2D eigenvalue weighted by atomic mass is 10.1. The zero-order chi connectivity index (χ0) is 26.1. The zero-order valence-electron chi connectivity index (χ0n) is 20.5. The summed E-state index contributed by atoms with van der Waals surface area (Å²) in [5.41, 5.74) is 6.03. The quantitative estimate of drug-likeness (QED) is 0.248. The number of rotatable bonds is 7. The fraction of sp³-hybridized carbons (Fsp3) is 0.143. The smallest absolute Gasteiger partial charge is 0.224 e. The number of hydrogen-bond donors (Lipinski definition) is 3. The molecular weight excluding hydrogens is 483 g/mol. The van der Waals surface area contributed by atoms with Gasteiger partial charge in [-0.3, -0.25) is 19.9 Å². The minimum absolute atomic E-state index is 0.0338. The highest BCUT2D eigenvalue weighted by Crippen LogP contribution is 2.32. The number of imidazole rings is 1. The first-order valence-electron chi connectivity index (χ1n) is 12.3. The second-order valence-corrected chi connectivity index (χ2v) is 8.96. The van der Waals surface area contributed by atoms with E-state index in [0.29, 0.717) is 46.0 Å². The molecule has 6 rings (SSSR count). The van der Waals surface area contributed by atoms with E-state index in [-0.39, 0.29) is 11.7 Å². The van der Waals surface area contributed by atoms with Crippen LogP contribution in [0.4, 0.5) is 10.1 Å². The predicted molar refractivity (Wildman–Crippen MR) is 144 cm³/mol. The third kappa shape index (κ3) is 4.47. The van der Waals surface area contributed by atoms with Crippen LogP contribution in [0.1, 0.15) is 26.2 Å². The van der Waals surface area contributed by atoms with Gasteiger partial charge in [0.15, 0.2) is 11.5 Å². The summed E-state index contributed by atoms with van der Waals surface area (Å²) < 4.78 is 13.9. The van der Waals surface area contributed by atoms with E-state index < -0.39 is 0 Å². The number of amides is 1. The van der Waals surface area contributed by atoms with E-state index in [2.05, 4.69) is 35.5 Å². The highest BCUT2D eigenvalue weighted by Gasteiger charge is 2.17. The fourth-order valence-corrected chi connectivity index (χ4v) is 4.36. The molecule has 0 radical (unpaired) electrons. The molecule has 0 bridgehead atoms. The number of carbonyl (C=O) groups excluding carboxylic acids is 1. The molecule has 9 nitrogen and oxygen atoms in total. The van der Waals surface area contributed by atoms with Gasteiger partial charge in [0.2, 0.25) is 5.91 Å². The molecule has 0 atom stereocenters. The van der Waals surface area contributed by atoms with E-state index in [4.69, 9.17) is 4.98 Å². The Morgan fingerprint density at radius 2 is 1.89 bits per heavy atom. The Morgan fingerprint density at radius 3 is 2.76 bits per heavy atom. The predicted octanol–water partition coefficient (Wildman–Crippen LogP) is 5.89. The van der Waals surface area contributed by atoms with Gasteiger partial charge in [0, 0.05) is 41.7 Å². The van der Waals surface area contributed by atoms with Gasteiger partial charge in [0.25, 0.3) is 0 Å². The fourth-order valence-electron chi connectivity index (χ4n) is 4.36. The number of nitrogens with zero attached hydrogens (tertiary/aromatic N) is 5. The molecule has 38 heavy (non-hydrogen) atoms. The van der Waals surface area contributed by atoms with E-state index in [0.717, 1.165) is 34.9 Å². The Bertz CT molecular complexity index is 1790. The maximum absolute atomic E-state index is 13.9. The van der Waals surface area contributed by atoms with Crippen molar-refractivity contribution >= 4 is 33.7 Å². The zero-order valence-corrected chi connectivity index (χ0v) is 20.5. The number of halogens is 1. The Balaban J connectivity index is 1.37. The summed E-state index contributed by atoms with van der Waals surface area (Å²) in [4.78, 5) is 33.5. The number of nitrogens with one attached hydrogen (secondary N) is 3. The van der Waals surface area contributed by atoms with Gasteiger partial charge in [-0.25, -0.2) is 14.4 Å². The summed E-state index contributed by atoms with van der Waals surface area (Å²) in [6.07, 6.45) is 9.01. The Kier molecular flexibility index (Phi) is 6.04. The molecule has 6 aromatic rings. The normalized spacial score (nSPS) is 11.3. The number of anilines is 1. The van der Waals surface area contributed by atoms with Crippen LogP contribution in [0.5, 0.6) is 0 Å². The molecule has 1 aromatic carbocycles. The summed E-state index contributed by atoms with van der Waals surface area (Å²) in [6.45, 7) is 2.05. The van der Waals surface area contributed by atoms with Crippen molar-refractivity contribution in [1.29, 1.82) is 0 Å². The molecule has 0 saturated carbocycles. The number of carbonyl (C=O) groups is 1. The van der Waals surface area contributed by atoms with Crippen LogP contribution in [0.2, 0.25) is 0 Å². The molecule has 0 spiro atoms. The molecule has 10 heteroatoms. The number of benzene rings is 1. The molecule has 0 unspecified atom stereocenters. The van der Waals surface area contributed by atoms with E-state index in [1.54, 1.807) is 36.9 Å². The SMILES string of the molecule is CCCCC(=O)Nc1cncc(-c2cnc3[nH]nc(-c4nc5c(-c6cccc(F)c6)nccc5[nH]4)c3c2)c1. The minimum Gasteiger partial charge on any atom is -0.336 e. The first-order chi connectivity index (χ1) is 18.6. The molecule has 0 aliphatic carbocycles. The Labute approximate surface area is 216 Å². The number of aromatic amines is 2. The Morgan fingerprint density at radius 1 is 1.00 bits per heavy atom. The van der Waals surface area contributed by atoms with Crippen LogP contribution in [0.3, 0.4) is 0 Å². The minimum atomic E-state index is -0.340. The monoisotopic (exact) mass is 506 g/mol. The first-order valence-corrected chi connectivity index (χ1v) is 12.3. The third-order valence-corrected chi connectivity index (χ3v) is 6.25. The first kappa shape index (κ1) is 23.4. The van der Waals surface area contributed by atoms with Crippen LogP contribution in [-0.4, -0.2) is 41.0 Å². The largest absolute Gasteiger partial charge is 0.336 e. The number of hydrogen-bond acceptors (Lipinski definition) is 6. The summed E-state index contributed by atoms with van der Waals surface area (Å²) >= 11 is 0. The topological polar surface area (TPSA) is 125 Å². The summed E-state index contributed by atoms with van der Waals surface area (Å²) in [5, 5.41) is 11.1. The van der Waals surface area contributed by atoms with Crippen molar-refractivity contribution in [3.8, 4) is 33.9 Å². The van der Waals surface area contributed by atoms with Crippen molar-refractivity contribution in [3.05, 3.63) is 73.1 Å². The standard InChI is InChI=1S/C28H23FN8O/c1-2-3-7-23(38)33-20-11-17(13-30-15-20)18-12-21-25(36-37-27(21)32-14-18)28-34-22-8-9-31-24(26(22)35-28)16-5-4-6-19(29)10-16/h4-6,8-15H,2-3,7H2,1H3,(H,33,38)(H,34,35)(H,32,36,37). The molecular formula is C28H23FN8O. The second-order valence-electron chi connectivity index (χ2n) is 8.96. The lowest BCUT2D eigenvalue weighted by molar-refractivity contribution is -0.116. The summed E-state index contributed by atoms with van der Waals surface area (Å²) in [7, 11) is 0. The van der Waals surface area contributed by atoms with E-state index >= 15 is 0 Å². The number of fused-ring (bicyclic) bond motifs is 2. The van der Waals surface area contributed by atoms with Crippen LogP contribution < -0.4 is 5.32 Å². The van der Waals surface area contributed by atoms with Crippen molar-refractivity contribution in [1.82, 2.24) is 35.1 Å². The van der Waals surface area contributed by atoms with Crippen LogP contribution in [0, 0.1) is 5.82 Å². The lowest BCUT2D eigenvalue weighted by Crippen LogP contribution is -2.11. The van der Waals surface area contributed by atoms with Gasteiger partial charge in [-0.2, -0.15) is 5.10 Å². The highest BCUT2D eigenvalue weighted by atomic mass is 19.1. The number of pyridine rings is 3. The van der Waals surface area contributed by atoms with Crippen molar-refractivity contribution in [3.63, 3.8) is 0 Å². The number of H-pyrrole nitrogens is 2. The highest BCUT2D eigenvalue weighted by molar-refractivity contribution is 5.96. The van der Waals surface area contributed by atoms with Crippen LogP contribution in [-0.2, 0) is 4.79 Å². The van der Waals surface area contributed by atoms with Crippen LogP contribution in [0.25, 0.3) is 56.0 Å². The second kappa shape index (κ2) is 9.81. The van der Waals surface area contributed by atoms with Gasteiger partial charge in [-0.1, -0.05) is 25.5 Å². The molecule has 0 aliphatic heterocycles. The van der Waals surface area contributed by atoms with Gasteiger partial charge < -0.3 is 10.3 Å². The molecule has 0 saturated heterocycles. The number of unbranched alkanes of at least 4 members (excludes halogenated alkanes) is 1. The molecule has 188 valence electrons. The van der Waals surface area contributed by atoms with E-state index in [9.17, 15) is 9.18 Å². The molecule has 5 aromatic heterocycles. The van der Waals surface area contributed by atoms with Gasteiger partial charge in [-0.15, -0.1) is 0 Å². The average Bonchev–Trinajstić information content (AvgIpc) is 3.55. The molecule has 3 N–H and O–H groups in total. The van der Waals surface area contributed by atoms with Crippen molar-refractivity contribution < 1.29 is 9.18 Å². The molecule has 1 amide bonds. The third-order valence-electron chi connectivity index (χ3n) is 6.25. The van der Waals surface area contributed by atoms with Gasteiger partial charge in [0.1, 0.15) is 17.0 Å². The van der Waals surface area contributed by atoms with Gasteiger partial charge >= 0.3 is 0 Å². The lowest BCUT2D eigenvalue weighted by Gasteiger charge is -2.07. The maximum atomic E-state index is 13.9. The molecule has 5 heterocycles. The Hall–Kier alpha value is -4.99. The van der Waals surface area contributed by atoms with Crippen molar-refractivity contribution in [2.75, 3.05) is 5.32 Å². The molecule has 0 aliphatic rings. The van der Waals surface area contributed by atoms with Gasteiger partial charge in [0.05, 0.1) is 28.5 Å². The van der Waals surface area contributed by atoms with Crippen molar-refractivity contribution in [2.45, 2.75) is 26.2 Å². The summed E-state index contributed by atoms with van der Waals surface area (Å²) in [6, 6.07) is 11.9. The van der Waals surface area contributed by atoms with Crippen LogP contribution >= 0.6 is 0 Å².